The molecule has 0 aromatic heterocycles. The monoisotopic (exact) mass is 401 g/mol. The zero-order valence-electron chi connectivity index (χ0n) is 14.8. The van der Waals surface area contributed by atoms with Crippen molar-refractivity contribution in [3.8, 4) is 0 Å². The average Bonchev–Trinajstić information content (AvgIpc) is 2.97. The van der Waals surface area contributed by atoms with Crippen LogP contribution in [0.5, 0.6) is 0 Å². The van der Waals surface area contributed by atoms with Crippen LogP contribution in [0.2, 0.25) is 0 Å². The second-order valence-corrected chi connectivity index (χ2v) is 10.5. The summed E-state index contributed by atoms with van der Waals surface area (Å²) in [4.78, 5) is 13.5. The van der Waals surface area contributed by atoms with Crippen molar-refractivity contribution in [2.45, 2.75) is 37.1 Å². The third-order valence-corrected chi connectivity index (χ3v) is 7.46. The number of nitrogens with one attached hydrogen (secondary N) is 1. The van der Waals surface area contributed by atoms with Gasteiger partial charge >= 0.3 is 0 Å². The number of hydrogen-bond donors (Lipinski definition) is 1. The van der Waals surface area contributed by atoms with Crippen molar-refractivity contribution < 1.29 is 21.6 Å². The van der Waals surface area contributed by atoms with Gasteiger partial charge in [0.2, 0.25) is 26.0 Å². The molecule has 1 saturated heterocycles. The highest BCUT2D eigenvalue weighted by Crippen LogP contribution is 2.31. The van der Waals surface area contributed by atoms with Gasteiger partial charge in [-0.25, -0.2) is 21.6 Å². The van der Waals surface area contributed by atoms with Crippen molar-refractivity contribution in [1.29, 1.82) is 0 Å². The van der Waals surface area contributed by atoms with Gasteiger partial charge in [-0.3, -0.25) is 4.79 Å². The van der Waals surface area contributed by atoms with Crippen molar-refractivity contribution in [3.63, 3.8) is 0 Å². The molecule has 1 aromatic rings. The van der Waals surface area contributed by atoms with Crippen molar-refractivity contribution in [2.75, 3.05) is 30.8 Å². The zero-order valence-corrected chi connectivity index (χ0v) is 16.4. The van der Waals surface area contributed by atoms with Crippen LogP contribution in [-0.4, -0.2) is 59.0 Å². The Kier molecular flexibility index (Phi) is 5.13. The second-order valence-electron chi connectivity index (χ2n) is 6.78. The van der Waals surface area contributed by atoms with Crippen LogP contribution < -0.4 is 9.62 Å². The lowest BCUT2D eigenvalue weighted by Crippen LogP contribution is -2.46. The Morgan fingerprint density at radius 2 is 1.77 bits per heavy atom. The maximum atomic E-state index is 12.9. The summed E-state index contributed by atoms with van der Waals surface area (Å²) < 4.78 is 52.4. The van der Waals surface area contributed by atoms with E-state index in [9.17, 15) is 21.6 Å². The van der Waals surface area contributed by atoms with Crippen LogP contribution in [0, 0.1) is 0 Å². The van der Waals surface area contributed by atoms with Gasteiger partial charge in [-0.2, -0.15) is 4.31 Å². The first-order valence-electron chi connectivity index (χ1n) is 8.46. The van der Waals surface area contributed by atoms with Gasteiger partial charge in [0.1, 0.15) is 0 Å². The van der Waals surface area contributed by atoms with Crippen LogP contribution in [-0.2, 0) is 31.3 Å². The molecule has 3 rings (SSSR count). The molecule has 144 valence electrons. The fraction of sp³-hybridized carbons (Fsp3) is 0.562. The van der Waals surface area contributed by atoms with Gasteiger partial charge in [-0.05, 0) is 43.0 Å². The van der Waals surface area contributed by atoms with E-state index in [1.165, 1.54) is 17.3 Å². The van der Waals surface area contributed by atoms with Crippen LogP contribution >= 0.6 is 0 Å². The molecule has 0 aliphatic carbocycles. The standard InChI is InChI=1S/C16H23N3O5S2/c1-12(20)19-10-5-13-11-15(3-4-16(13)19)26(23,24)18-8-6-14(7-9-18)17-25(2,21)22/h3-4,11,14,17H,5-10H2,1-2H3. The third kappa shape index (κ3) is 3.93. The van der Waals surface area contributed by atoms with Crippen LogP contribution in [0.1, 0.15) is 25.3 Å². The molecule has 0 atom stereocenters. The summed E-state index contributed by atoms with van der Waals surface area (Å²) in [6, 6.07) is 4.64. The lowest BCUT2D eigenvalue weighted by Gasteiger charge is -2.31. The molecule has 2 aliphatic rings. The van der Waals surface area contributed by atoms with Gasteiger partial charge in [0.25, 0.3) is 0 Å². The largest absolute Gasteiger partial charge is 0.312 e. The Hall–Kier alpha value is -1.49. The molecule has 1 N–H and O–H groups in total. The predicted molar refractivity (Wildman–Crippen MR) is 97.9 cm³/mol. The Morgan fingerprint density at radius 3 is 2.35 bits per heavy atom. The number of fused-ring (bicyclic) bond motifs is 1. The maximum Gasteiger partial charge on any atom is 0.243 e. The predicted octanol–water partition coefficient (Wildman–Crippen LogP) is 0.298. The van der Waals surface area contributed by atoms with E-state index in [2.05, 4.69) is 4.72 Å². The SMILES string of the molecule is CC(=O)N1CCc2cc(S(=O)(=O)N3CCC(NS(C)(=O)=O)CC3)ccc21. The summed E-state index contributed by atoms with van der Waals surface area (Å²) in [6.45, 7) is 2.60. The summed E-state index contributed by atoms with van der Waals surface area (Å²) in [5.41, 5.74) is 1.63. The summed E-state index contributed by atoms with van der Waals surface area (Å²) in [7, 11) is -6.93. The number of anilines is 1. The highest BCUT2D eigenvalue weighted by Gasteiger charge is 2.32. The van der Waals surface area contributed by atoms with Gasteiger partial charge < -0.3 is 4.90 Å². The number of sulfonamides is 2. The van der Waals surface area contributed by atoms with Gasteiger partial charge in [-0.1, -0.05) is 0 Å². The molecule has 1 amide bonds. The minimum absolute atomic E-state index is 0.0557. The minimum Gasteiger partial charge on any atom is -0.312 e. The highest BCUT2D eigenvalue weighted by atomic mass is 32.2. The van der Waals surface area contributed by atoms with E-state index in [4.69, 9.17) is 0 Å². The quantitative estimate of drug-likeness (QED) is 0.781. The van der Waals surface area contributed by atoms with E-state index in [1.807, 2.05) is 0 Å². The van der Waals surface area contributed by atoms with Gasteiger partial charge in [0, 0.05) is 38.3 Å². The second kappa shape index (κ2) is 6.91. The van der Waals surface area contributed by atoms with Crippen molar-refractivity contribution in [3.05, 3.63) is 23.8 Å². The summed E-state index contributed by atoms with van der Waals surface area (Å²) >= 11 is 0. The summed E-state index contributed by atoms with van der Waals surface area (Å²) in [6.07, 6.45) is 2.62. The lowest BCUT2D eigenvalue weighted by molar-refractivity contribution is -0.116. The summed E-state index contributed by atoms with van der Waals surface area (Å²) in [5.74, 6) is -0.0557. The number of rotatable bonds is 4. The van der Waals surface area contributed by atoms with Gasteiger partial charge in [-0.15, -0.1) is 0 Å². The molecular formula is C16H23N3O5S2. The number of amides is 1. The Bertz CT molecular complexity index is 919. The molecule has 0 radical (unpaired) electrons. The number of benzene rings is 1. The summed E-state index contributed by atoms with van der Waals surface area (Å²) in [5, 5.41) is 0. The van der Waals surface area contributed by atoms with Crippen LogP contribution in [0.3, 0.4) is 0 Å². The molecule has 26 heavy (non-hydrogen) atoms. The Balaban J connectivity index is 1.75. The molecule has 8 nitrogen and oxygen atoms in total. The van der Waals surface area contributed by atoms with E-state index < -0.39 is 20.0 Å². The average molecular weight is 402 g/mol. The molecule has 0 spiro atoms. The smallest absolute Gasteiger partial charge is 0.243 e. The Morgan fingerprint density at radius 1 is 1.12 bits per heavy atom. The van der Waals surface area contributed by atoms with E-state index in [0.29, 0.717) is 25.8 Å². The third-order valence-electron chi connectivity index (χ3n) is 4.80. The molecule has 0 unspecified atom stereocenters. The number of hydrogen-bond acceptors (Lipinski definition) is 5. The molecule has 0 bridgehead atoms. The van der Waals surface area contributed by atoms with E-state index >= 15 is 0 Å². The van der Waals surface area contributed by atoms with Crippen molar-refractivity contribution >= 4 is 31.6 Å². The molecule has 1 fully saturated rings. The van der Waals surface area contributed by atoms with Crippen LogP contribution in [0.15, 0.2) is 23.1 Å². The first kappa shape index (κ1) is 19.3. The number of nitrogens with zero attached hydrogens (tertiary/aromatic N) is 2. The molecule has 10 heteroatoms. The number of piperidine rings is 1. The van der Waals surface area contributed by atoms with E-state index in [1.54, 1.807) is 17.0 Å². The van der Waals surface area contributed by atoms with E-state index in [-0.39, 0.29) is 29.9 Å². The van der Waals surface area contributed by atoms with Gasteiger partial charge in [0.15, 0.2) is 0 Å². The number of carbonyl (C=O) groups excluding carboxylic acids is 1. The first-order valence-corrected chi connectivity index (χ1v) is 11.8. The minimum atomic E-state index is -3.64. The lowest BCUT2D eigenvalue weighted by atomic mass is 10.1. The van der Waals surface area contributed by atoms with Gasteiger partial charge in [0.05, 0.1) is 11.2 Å². The molecule has 2 heterocycles. The molecule has 0 saturated carbocycles. The molecule has 2 aliphatic heterocycles. The first-order chi connectivity index (χ1) is 12.1. The number of carbonyl (C=O) groups is 1. The van der Waals surface area contributed by atoms with Crippen molar-refractivity contribution in [1.82, 2.24) is 9.03 Å². The fourth-order valence-electron chi connectivity index (χ4n) is 3.53. The maximum absolute atomic E-state index is 12.9. The Labute approximate surface area is 154 Å². The van der Waals surface area contributed by atoms with E-state index in [0.717, 1.165) is 17.5 Å². The molecular weight excluding hydrogens is 378 g/mol. The molecule has 1 aromatic carbocycles. The van der Waals surface area contributed by atoms with Crippen LogP contribution in [0.25, 0.3) is 0 Å². The fourth-order valence-corrected chi connectivity index (χ4v) is 5.89. The van der Waals surface area contributed by atoms with Crippen LogP contribution in [0.4, 0.5) is 5.69 Å². The highest BCUT2D eigenvalue weighted by molar-refractivity contribution is 7.89. The zero-order chi connectivity index (χ0) is 19.1. The normalized spacial score (nSPS) is 19.5. The topological polar surface area (TPSA) is 104 Å². The van der Waals surface area contributed by atoms with Crippen molar-refractivity contribution in [2.24, 2.45) is 0 Å².